The fraction of sp³-hybridized carbons (Fsp3) is 0.0833. The molecular weight excluding hydrogens is 381 g/mol. The highest BCUT2D eigenvalue weighted by molar-refractivity contribution is 6.09. The van der Waals surface area contributed by atoms with Crippen molar-refractivity contribution in [1.82, 2.24) is 5.32 Å². The number of nitrogens with two attached hydrogens (primary N) is 1. The van der Waals surface area contributed by atoms with Gasteiger partial charge in [-0.1, -0.05) is 48.5 Å². The van der Waals surface area contributed by atoms with Crippen LogP contribution < -0.4 is 16.0 Å². The summed E-state index contributed by atoms with van der Waals surface area (Å²) in [6, 6.07) is 20.1. The fourth-order valence-electron chi connectivity index (χ4n) is 3.06. The van der Waals surface area contributed by atoms with Gasteiger partial charge >= 0.3 is 5.91 Å². The lowest BCUT2D eigenvalue weighted by Crippen LogP contribution is -2.43. The van der Waals surface area contributed by atoms with Crippen molar-refractivity contribution in [3.05, 3.63) is 95.8 Å². The van der Waals surface area contributed by atoms with E-state index >= 15 is 0 Å². The smallest absolute Gasteiger partial charge is 0.303 e. The summed E-state index contributed by atoms with van der Waals surface area (Å²) in [6.45, 7) is 0.256. The second kappa shape index (κ2) is 9.39. The predicted molar refractivity (Wildman–Crippen MR) is 115 cm³/mol. The van der Waals surface area contributed by atoms with Crippen molar-refractivity contribution in [3.8, 4) is 12.3 Å². The molecule has 0 aromatic heterocycles. The minimum atomic E-state index is -1.11. The van der Waals surface area contributed by atoms with E-state index in [4.69, 9.17) is 12.2 Å². The summed E-state index contributed by atoms with van der Waals surface area (Å²) in [7, 11) is 0. The zero-order chi connectivity index (χ0) is 21.5. The average molecular weight is 401 g/mol. The molecule has 0 aliphatic carbocycles. The fourth-order valence-corrected chi connectivity index (χ4v) is 3.06. The zero-order valence-electron chi connectivity index (χ0n) is 16.1. The van der Waals surface area contributed by atoms with E-state index in [9.17, 15) is 14.0 Å². The molecule has 150 valence electrons. The van der Waals surface area contributed by atoms with Gasteiger partial charge in [-0.2, -0.15) is 0 Å². The number of anilines is 2. The Morgan fingerprint density at radius 3 is 2.37 bits per heavy atom. The number of halogens is 1. The first-order valence-electron chi connectivity index (χ1n) is 9.22. The topological polar surface area (TPSA) is 75.4 Å². The van der Waals surface area contributed by atoms with Crippen molar-refractivity contribution >= 4 is 23.2 Å². The molecule has 3 N–H and O–H groups in total. The minimum absolute atomic E-state index is 0.176. The summed E-state index contributed by atoms with van der Waals surface area (Å²) in [4.78, 5) is 27.0. The van der Waals surface area contributed by atoms with Crippen LogP contribution in [-0.2, 0) is 16.1 Å². The number of nitrogens with zero attached hydrogens (tertiary/aromatic N) is 1. The molecule has 0 saturated carbocycles. The van der Waals surface area contributed by atoms with Crippen LogP contribution in [0.3, 0.4) is 0 Å². The van der Waals surface area contributed by atoms with Crippen LogP contribution in [0.2, 0.25) is 0 Å². The number of hydrogen-bond donors (Lipinski definition) is 2. The molecule has 0 bridgehead atoms. The second-order valence-electron chi connectivity index (χ2n) is 6.57. The Bertz CT molecular complexity index is 1080. The molecule has 30 heavy (non-hydrogen) atoms. The van der Waals surface area contributed by atoms with Crippen molar-refractivity contribution in [2.24, 2.45) is 0 Å². The largest absolute Gasteiger partial charge is 0.399 e. The Labute approximate surface area is 174 Å². The first-order valence-corrected chi connectivity index (χ1v) is 9.22. The number of benzene rings is 3. The lowest BCUT2D eigenvalue weighted by atomic mass is 10.0. The molecular formula is C24H20FN3O2. The third-order valence-electron chi connectivity index (χ3n) is 4.50. The van der Waals surface area contributed by atoms with E-state index in [1.54, 1.807) is 24.3 Å². The summed E-state index contributed by atoms with van der Waals surface area (Å²) < 4.78 is 13.9. The summed E-state index contributed by atoms with van der Waals surface area (Å²) >= 11 is 0. The predicted octanol–water partition coefficient (Wildman–Crippen LogP) is 3.43. The Balaban J connectivity index is 2.02. The van der Waals surface area contributed by atoms with Gasteiger partial charge in [0.2, 0.25) is 5.91 Å². The number of terminal acetylenes is 1. The highest BCUT2D eigenvalue weighted by atomic mass is 19.1. The Kier molecular flexibility index (Phi) is 6.46. The van der Waals surface area contributed by atoms with Crippen LogP contribution in [0.4, 0.5) is 15.8 Å². The second-order valence-corrected chi connectivity index (χ2v) is 6.57. The van der Waals surface area contributed by atoms with Gasteiger partial charge < -0.3 is 11.1 Å². The molecule has 0 saturated heterocycles. The first kappa shape index (κ1) is 20.6. The van der Waals surface area contributed by atoms with E-state index in [1.165, 1.54) is 18.2 Å². The van der Waals surface area contributed by atoms with Crippen LogP contribution in [0.5, 0.6) is 0 Å². The van der Waals surface area contributed by atoms with E-state index in [0.717, 1.165) is 16.5 Å². The molecule has 2 amide bonds. The average Bonchev–Trinajstić information content (AvgIpc) is 2.77. The number of hydrogen-bond acceptors (Lipinski definition) is 3. The van der Waals surface area contributed by atoms with Crippen LogP contribution >= 0.6 is 0 Å². The monoisotopic (exact) mass is 401 g/mol. The van der Waals surface area contributed by atoms with Crippen LogP contribution in [0.25, 0.3) is 0 Å². The van der Waals surface area contributed by atoms with Gasteiger partial charge in [-0.05, 0) is 47.4 Å². The number of nitrogen functional groups attached to an aromatic ring is 1. The standard InChI is InChI=1S/C24H20FN3O2/c1-2-22(29)28(21-10-6-9-19(25)15-21)23(18-11-13-20(26)14-12-18)24(30)27-16-17-7-4-3-5-8-17/h1,3-15,23H,16,26H2,(H,27,30). The van der Waals surface area contributed by atoms with Crippen LogP contribution in [0.1, 0.15) is 17.2 Å². The molecule has 1 atom stereocenters. The maximum atomic E-state index is 13.9. The molecule has 3 rings (SSSR count). The molecule has 0 spiro atoms. The van der Waals surface area contributed by atoms with Gasteiger partial charge in [0.25, 0.3) is 0 Å². The molecule has 5 nitrogen and oxygen atoms in total. The number of nitrogens with one attached hydrogen (secondary N) is 1. The van der Waals surface area contributed by atoms with Gasteiger partial charge in [-0.3, -0.25) is 14.5 Å². The van der Waals surface area contributed by atoms with E-state index in [2.05, 4.69) is 5.32 Å². The molecule has 0 aliphatic heterocycles. The molecule has 0 heterocycles. The maximum Gasteiger partial charge on any atom is 0.303 e. The van der Waals surface area contributed by atoms with E-state index < -0.39 is 23.7 Å². The van der Waals surface area contributed by atoms with Gasteiger partial charge in [-0.25, -0.2) is 4.39 Å². The lowest BCUT2D eigenvalue weighted by Gasteiger charge is -2.30. The van der Waals surface area contributed by atoms with E-state index in [-0.39, 0.29) is 12.2 Å². The van der Waals surface area contributed by atoms with Gasteiger partial charge in [0.15, 0.2) is 0 Å². The van der Waals surface area contributed by atoms with Crippen molar-refractivity contribution in [1.29, 1.82) is 0 Å². The Hall–Kier alpha value is -4.11. The molecule has 3 aromatic rings. The van der Waals surface area contributed by atoms with Crippen molar-refractivity contribution in [3.63, 3.8) is 0 Å². The maximum absolute atomic E-state index is 13.9. The normalized spacial score (nSPS) is 11.2. The highest BCUT2D eigenvalue weighted by Gasteiger charge is 2.32. The van der Waals surface area contributed by atoms with Crippen LogP contribution in [0.15, 0.2) is 78.9 Å². The highest BCUT2D eigenvalue weighted by Crippen LogP contribution is 2.29. The van der Waals surface area contributed by atoms with E-state index in [0.29, 0.717) is 11.3 Å². The third kappa shape index (κ3) is 4.83. The SMILES string of the molecule is C#CC(=O)N(c1cccc(F)c1)C(C(=O)NCc1ccccc1)c1ccc(N)cc1. The number of rotatable bonds is 6. The minimum Gasteiger partial charge on any atom is -0.399 e. The van der Waals surface area contributed by atoms with E-state index in [1.807, 2.05) is 36.3 Å². The number of amides is 2. The summed E-state index contributed by atoms with van der Waals surface area (Å²) in [6.07, 6.45) is 5.37. The zero-order valence-corrected chi connectivity index (χ0v) is 16.1. The number of carbonyl (C=O) groups is 2. The third-order valence-corrected chi connectivity index (χ3v) is 4.50. The van der Waals surface area contributed by atoms with Gasteiger partial charge in [-0.15, -0.1) is 6.42 Å². The van der Waals surface area contributed by atoms with Crippen molar-refractivity contribution in [2.45, 2.75) is 12.6 Å². The molecule has 0 radical (unpaired) electrons. The molecule has 3 aromatic carbocycles. The van der Waals surface area contributed by atoms with Gasteiger partial charge in [0.1, 0.15) is 11.9 Å². The molecule has 6 heteroatoms. The quantitative estimate of drug-likeness (QED) is 0.491. The number of carbonyl (C=O) groups excluding carboxylic acids is 2. The van der Waals surface area contributed by atoms with Crippen LogP contribution in [-0.4, -0.2) is 11.8 Å². The first-order chi connectivity index (χ1) is 14.5. The van der Waals surface area contributed by atoms with Gasteiger partial charge in [0, 0.05) is 17.9 Å². The van der Waals surface area contributed by atoms with Gasteiger partial charge in [0.05, 0.1) is 0 Å². The van der Waals surface area contributed by atoms with Crippen molar-refractivity contribution < 1.29 is 14.0 Å². The Morgan fingerprint density at radius 2 is 1.73 bits per heavy atom. The summed E-state index contributed by atoms with van der Waals surface area (Å²) in [5.74, 6) is 0.252. The summed E-state index contributed by atoms with van der Waals surface area (Å²) in [5, 5.41) is 2.83. The summed E-state index contributed by atoms with van der Waals surface area (Å²) in [5.41, 5.74) is 7.83. The molecule has 0 fully saturated rings. The Morgan fingerprint density at radius 1 is 1.03 bits per heavy atom. The van der Waals surface area contributed by atoms with Crippen LogP contribution in [0, 0.1) is 18.2 Å². The van der Waals surface area contributed by atoms with Crippen molar-refractivity contribution in [2.75, 3.05) is 10.6 Å². The molecule has 1 unspecified atom stereocenters. The lowest BCUT2D eigenvalue weighted by molar-refractivity contribution is -0.125. The molecule has 0 aliphatic rings.